The lowest BCUT2D eigenvalue weighted by atomic mass is 9.89. The van der Waals surface area contributed by atoms with Gasteiger partial charge in [0.15, 0.2) is 0 Å². The number of hydrogen-bond donors (Lipinski definition) is 1. The molecule has 2 aromatic carbocycles. The molecule has 1 saturated heterocycles. The molecule has 0 aliphatic carbocycles. The Hall–Kier alpha value is -2.55. The fourth-order valence-electron chi connectivity index (χ4n) is 4.19. The van der Waals surface area contributed by atoms with Crippen LogP contribution in [0.4, 0.5) is 0 Å². The van der Waals surface area contributed by atoms with Crippen LogP contribution in [-0.4, -0.2) is 62.3 Å². The van der Waals surface area contributed by atoms with E-state index in [1.807, 2.05) is 24.4 Å². The molecule has 0 saturated carbocycles. The van der Waals surface area contributed by atoms with Crippen molar-refractivity contribution >= 4 is 38.4 Å². The summed E-state index contributed by atoms with van der Waals surface area (Å²) in [7, 11) is -0.676. The van der Waals surface area contributed by atoms with Crippen LogP contribution in [0.3, 0.4) is 0 Å². The predicted octanol–water partition coefficient (Wildman–Crippen LogP) is 3.86. The highest BCUT2D eigenvalue weighted by Gasteiger charge is 2.29. The quantitative estimate of drug-likeness (QED) is 0.587. The van der Waals surface area contributed by atoms with Gasteiger partial charge in [0.2, 0.25) is 15.9 Å². The highest BCUT2D eigenvalue weighted by Crippen LogP contribution is 2.34. The molecule has 1 N–H and O–H groups in total. The molecule has 9 heteroatoms. The molecule has 3 aromatic rings. The monoisotopic (exact) mass is 475 g/mol. The summed E-state index contributed by atoms with van der Waals surface area (Å²) in [5.41, 5.74) is 2.29. The normalized spacial score (nSPS) is 15.4. The number of nitrogens with zero attached hydrogens (tertiary/aromatic N) is 2. The summed E-state index contributed by atoms with van der Waals surface area (Å²) in [5.74, 6) is 0.954. The van der Waals surface area contributed by atoms with Crippen molar-refractivity contribution in [2.45, 2.75) is 23.7 Å². The molecule has 0 radical (unpaired) electrons. The second-order valence-electron chi connectivity index (χ2n) is 8.03. The van der Waals surface area contributed by atoms with Crippen LogP contribution in [0.2, 0.25) is 5.02 Å². The minimum Gasteiger partial charge on any atom is -0.497 e. The van der Waals surface area contributed by atoms with Crippen LogP contribution < -0.4 is 4.74 Å². The van der Waals surface area contributed by atoms with Crippen LogP contribution in [0.15, 0.2) is 53.6 Å². The molecule has 0 atom stereocenters. The SMILES string of the molecule is COc1ccc2[nH]cc(C3CCN(C(=O)CN(C)S(=O)(=O)c4ccc(Cl)cc4)CC3)c2c1. The van der Waals surface area contributed by atoms with E-state index in [9.17, 15) is 13.2 Å². The molecular formula is C23H26ClN3O4S. The Kier molecular flexibility index (Phi) is 6.46. The Morgan fingerprint density at radius 2 is 1.88 bits per heavy atom. The molecule has 32 heavy (non-hydrogen) atoms. The van der Waals surface area contributed by atoms with Crippen molar-refractivity contribution in [2.75, 3.05) is 33.8 Å². The minimum absolute atomic E-state index is 0.116. The lowest BCUT2D eigenvalue weighted by Gasteiger charge is -2.33. The third-order valence-corrected chi connectivity index (χ3v) is 8.16. The van der Waals surface area contributed by atoms with Gasteiger partial charge in [-0.3, -0.25) is 4.79 Å². The number of carbonyl (C=O) groups excluding carboxylic acids is 1. The maximum atomic E-state index is 12.8. The van der Waals surface area contributed by atoms with E-state index in [-0.39, 0.29) is 17.3 Å². The number of hydrogen-bond acceptors (Lipinski definition) is 4. The van der Waals surface area contributed by atoms with E-state index in [0.29, 0.717) is 24.0 Å². The standard InChI is InChI=1S/C23H26ClN3O4S/c1-26(32(29,30)19-6-3-17(24)4-7-19)15-23(28)27-11-9-16(10-12-27)21-14-25-22-8-5-18(31-2)13-20(21)22/h3-8,13-14,16,25H,9-12,15H2,1-2H3. The molecule has 1 amide bonds. The lowest BCUT2D eigenvalue weighted by Crippen LogP contribution is -2.44. The van der Waals surface area contributed by atoms with E-state index < -0.39 is 10.0 Å². The molecule has 0 spiro atoms. The van der Waals surface area contributed by atoms with Gasteiger partial charge in [-0.15, -0.1) is 0 Å². The number of likely N-dealkylation sites (N-methyl/N-ethyl adjacent to an activating group) is 1. The van der Waals surface area contributed by atoms with Crippen LogP contribution >= 0.6 is 11.6 Å². The summed E-state index contributed by atoms with van der Waals surface area (Å²) in [6.45, 7) is 0.990. The number of benzene rings is 2. The Morgan fingerprint density at radius 3 is 2.53 bits per heavy atom. The number of piperidine rings is 1. The number of sulfonamides is 1. The maximum Gasteiger partial charge on any atom is 0.243 e. The first-order chi connectivity index (χ1) is 15.3. The van der Waals surface area contributed by atoms with Crippen LogP contribution in [0.25, 0.3) is 10.9 Å². The molecule has 4 rings (SSSR count). The van der Waals surface area contributed by atoms with Gasteiger partial charge in [0, 0.05) is 42.3 Å². The summed E-state index contributed by atoms with van der Waals surface area (Å²) in [5, 5.41) is 1.60. The van der Waals surface area contributed by atoms with Crippen molar-refractivity contribution in [3.05, 3.63) is 59.2 Å². The largest absolute Gasteiger partial charge is 0.497 e. The maximum absolute atomic E-state index is 12.8. The van der Waals surface area contributed by atoms with Gasteiger partial charge in [0.05, 0.1) is 18.6 Å². The zero-order valence-corrected chi connectivity index (χ0v) is 19.6. The van der Waals surface area contributed by atoms with E-state index in [1.165, 1.54) is 36.9 Å². The molecular weight excluding hydrogens is 450 g/mol. The highest BCUT2D eigenvalue weighted by molar-refractivity contribution is 7.89. The summed E-state index contributed by atoms with van der Waals surface area (Å²) in [6.07, 6.45) is 3.69. The second kappa shape index (κ2) is 9.13. The fraction of sp³-hybridized carbons (Fsp3) is 0.348. The Labute approximate surface area is 193 Å². The van der Waals surface area contributed by atoms with E-state index in [1.54, 1.807) is 12.0 Å². The van der Waals surface area contributed by atoms with Crippen LogP contribution in [-0.2, 0) is 14.8 Å². The molecule has 0 unspecified atom stereocenters. The Balaban J connectivity index is 1.39. The van der Waals surface area contributed by atoms with Crippen molar-refractivity contribution < 1.29 is 17.9 Å². The molecule has 0 bridgehead atoms. The Morgan fingerprint density at radius 1 is 1.19 bits per heavy atom. The number of likely N-dealkylation sites (tertiary alicyclic amines) is 1. The first-order valence-electron chi connectivity index (χ1n) is 10.4. The first-order valence-corrected chi connectivity index (χ1v) is 12.3. The predicted molar refractivity (Wildman–Crippen MR) is 125 cm³/mol. The van der Waals surface area contributed by atoms with E-state index in [2.05, 4.69) is 4.98 Å². The third-order valence-electron chi connectivity index (χ3n) is 6.09. The molecule has 1 aliphatic rings. The first kappa shape index (κ1) is 22.6. The zero-order chi connectivity index (χ0) is 22.9. The van der Waals surface area contributed by atoms with E-state index in [0.717, 1.165) is 33.8 Å². The Bertz CT molecular complexity index is 1220. The third kappa shape index (κ3) is 4.48. The van der Waals surface area contributed by atoms with Gasteiger partial charge in [-0.2, -0.15) is 4.31 Å². The number of halogens is 1. The number of ether oxygens (including phenoxy) is 1. The zero-order valence-electron chi connectivity index (χ0n) is 18.0. The minimum atomic E-state index is -3.76. The highest BCUT2D eigenvalue weighted by atomic mass is 35.5. The summed E-state index contributed by atoms with van der Waals surface area (Å²) in [6, 6.07) is 11.9. The second-order valence-corrected chi connectivity index (χ2v) is 10.5. The number of nitrogens with one attached hydrogen (secondary N) is 1. The molecule has 7 nitrogen and oxygen atoms in total. The molecule has 1 fully saturated rings. The van der Waals surface area contributed by atoms with Crippen molar-refractivity contribution in [2.24, 2.45) is 0 Å². The van der Waals surface area contributed by atoms with Gasteiger partial charge in [-0.05, 0) is 66.8 Å². The van der Waals surface area contributed by atoms with Crippen LogP contribution in [0, 0.1) is 0 Å². The lowest BCUT2D eigenvalue weighted by molar-refractivity contribution is -0.132. The van der Waals surface area contributed by atoms with Gasteiger partial charge in [0.1, 0.15) is 5.75 Å². The average molecular weight is 476 g/mol. The summed E-state index contributed by atoms with van der Waals surface area (Å²) < 4.78 is 31.9. The van der Waals surface area contributed by atoms with Gasteiger partial charge in [-0.25, -0.2) is 8.42 Å². The van der Waals surface area contributed by atoms with Crippen molar-refractivity contribution in [1.29, 1.82) is 0 Å². The number of aromatic amines is 1. The molecule has 1 aliphatic heterocycles. The van der Waals surface area contributed by atoms with Gasteiger partial charge >= 0.3 is 0 Å². The summed E-state index contributed by atoms with van der Waals surface area (Å²) >= 11 is 5.85. The smallest absolute Gasteiger partial charge is 0.243 e. The van der Waals surface area contributed by atoms with Gasteiger partial charge < -0.3 is 14.6 Å². The van der Waals surface area contributed by atoms with E-state index in [4.69, 9.17) is 16.3 Å². The van der Waals surface area contributed by atoms with Gasteiger partial charge in [-0.1, -0.05) is 11.6 Å². The number of aromatic nitrogens is 1. The van der Waals surface area contributed by atoms with Crippen molar-refractivity contribution in [3.63, 3.8) is 0 Å². The average Bonchev–Trinajstić information content (AvgIpc) is 3.22. The van der Waals surface area contributed by atoms with Crippen LogP contribution in [0.5, 0.6) is 5.75 Å². The number of methoxy groups -OCH3 is 1. The number of rotatable bonds is 6. The number of fused-ring (bicyclic) bond motifs is 1. The number of amides is 1. The summed E-state index contributed by atoms with van der Waals surface area (Å²) in [4.78, 5) is 18.0. The molecule has 1 aromatic heterocycles. The number of carbonyl (C=O) groups is 1. The van der Waals surface area contributed by atoms with Crippen molar-refractivity contribution in [1.82, 2.24) is 14.2 Å². The van der Waals surface area contributed by atoms with Crippen molar-refractivity contribution in [3.8, 4) is 5.75 Å². The number of H-pyrrole nitrogens is 1. The topological polar surface area (TPSA) is 82.7 Å². The molecule has 2 heterocycles. The van der Waals surface area contributed by atoms with Gasteiger partial charge in [0.25, 0.3) is 0 Å². The van der Waals surface area contributed by atoms with E-state index >= 15 is 0 Å². The molecule has 170 valence electrons. The fourth-order valence-corrected chi connectivity index (χ4v) is 5.43. The van der Waals surface area contributed by atoms with Crippen LogP contribution in [0.1, 0.15) is 24.3 Å².